The highest BCUT2D eigenvalue weighted by molar-refractivity contribution is 5.99. The third-order valence-electron chi connectivity index (χ3n) is 3.42. The predicted octanol–water partition coefficient (Wildman–Crippen LogP) is 2.94. The van der Waals surface area contributed by atoms with Crippen LogP contribution in [0.1, 0.15) is 40.1 Å². The van der Waals surface area contributed by atoms with E-state index >= 15 is 0 Å². The number of hydrogen-bond donors (Lipinski definition) is 2. The van der Waals surface area contributed by atoms with E-state index in [0.717, 1.165) is 5.56 Å². The minimum absolute atomic E-state index is 0.0330. The topological polar surface area (TPSA) is 58.2 Å². The van der Waals surface area contributed by atoms with Crippen LogP contribution < -0.4 is 10.6 Å². The van der Waals surface area contributed by atoms with E-state index < -0.39 is 0 Å². The Labute approximate surface area is 141 Å². The molecule has 0 fully saturated rings. The summed E-state index contributed by atoms with van der Waals surface area (Å²) < 4.78 is 12.8. The summed E-state index contributed by atoms with van der Waals surface area (Å²) in [6.45, 7) is 4.20. The predicted molar refractivity (Wildman–Crippen MR) is 91.5 cm³/mol. The lowest BCUT2D eigenvalue weighted by atomic mass is 10.1. The van der Waals surface area contributed by atoms with Crippen molar-refractivity contribution in [3.63, 3.8) is 0 Å². The van der Waals surface area contributed by atoms with Gasteiger partial charge in [-0.2, -0.15) is 0 Å². The Balaban J connectivity index is 1.92. The van der Waals surface area contributed by atoms with Crippen LogP contribution >= 0.6 is 0 Å². The molecule has 126 valence electrons. The highest BCUT2D eigenvalue weighted by Crippen LogP contribution is 2.07. The summed E-state index contributed by atoms with van der Waals surface area (Å²) in [6.07, 6.45) is 0.611. The number of rotatable bonds is 6. The molecule has 0 saturated heterocycles. The molecular weight excluding hydrogens is 307 g/mol. The molecule has 0 spiro atoms. The van der Waals surface area contributed by atoms with Crippen LogP contribution in [0.5, 0.6) is 0 Å². The van der Waals surface area contributed by atoms with Crippen LogP contribution in [0.2, 0.25) is 0 Å². The van der Waals surface area contributed by atoms with E-state index in [1.165, 1.54) is 12.1 Å². The lowest BCUT2D eigenvalue weighted by molar-refractivity contribution is 0.0943. The smallest absolute Gasteiger partial charge is 0.251 e. The third kappa shape index (κ3) is 5.19. The molecule has 4 nitrogen and oxygen atoms in total. The van der Waals surface area contributed by atoms with Crippen molar-refractivity contribution in [1.82, 2.24) is 10.6 Å². The fourth-order valence-corrected chi connectivity index (χ4v) is 2.22. The second-order valence-electron chi connectivity index (χ2n) is 5.84. The maximum absolute atomic E-state index is 12.8. The molecule has 2 amide bonds. The van der Waals surface area contributed by atoms with Crippen LogP contribution in [0.3, 0.4) is 0 Å². The van der Waals surface area contributed by atoms with Gasteiger partial charge in [0.25, 0.3) is 11.8 Å². The van der Waals surface area contributed by atoms with Gasteiger partial charge < -0.3 is 10.6 Å². The van der Waals surface area contributed by atoms with Gasteiger partial charge in [0.2, 0.25) is 0 Å². The molecule has 0 aliphatic heterocycles. The quantitative estimate of drug-likeness (QED) is 0.856. The van der Waals surface area contributed by atoms with Crippen LogP contribution in [-0.4, -0.2) is 24.4 Å². The summed E-state index contributed by atoms with van der Waals surface area (Å²) in [5, 5.41) is 5.60. The van der Waals surface area contributed by atoms with Crippen LogP contribution in [0.4, 0.5) is 4.39 Å². The highest BCUT2D eigenvalue weighted by Gasteiger charge is 2.11. The van der Waals surface area contributed by atoms with Gasteiger partial charge >= 0.3 is 0 Å². The summed E-state index contributed by atoms with van der Waals surface area (Å²) in [5.74, 6) is -0.721. The lowest BCUT2D eigenvalue weighted by Gasteiger charge is -2.10. The monoisotopic (exact) mass is 328 g/mol. The maximum Gasteiger partial charge on any atom is 0.251 e. The van der Waals surface area contributed by atoms with Crippen molar-refractivity contribution in [1.29, 1.82) is 0 Å². The number of carbonyl (C=O) groups excluding carboxylic acids is 2. The molecule has 0 radical (unpaired) electrons. The number of halogens is 1. The molecule has 0 aromatic heterocycles. The average molecular weight is 328 g/mol. The van der Waals surface area contributed by atoms with Gasteiger partial charge in [0, 0.05) is 23.7 Å². The van der Waals surface area contributed by atoms with Crippen molar-refractivity contribution in [2.75, 3.05) is 6.54 Å². The molecular formula is C19H21FN2O2. The van der Waals surface area contributed by atoms with Gasteiger partial charge in [-0.3, -0.25) is 9.59 Å². The largest absolute Gasteiger partial charge is 0.352 e. The van der Waals surface area contributed by atoms with E-state index in [-0.39, 0.29) is 23.7 Å². The summed E-state index contributed by atoms with van der Waals surface area (Å²) in [6, 6.07) is 12.8. The Morgan fingerprint density at radius 1 is 1.00 bits per heavy atom. The molecule has 2 aromatic carbocycles. The zero-order valence-electron chi connectivity index (χ0n) is 13.8. The fourth-order valence-electron chi connectivity index (χ4n) is 2.22. The molecule has 0 aliphatic rings. The molecule has 0 bridgehead atoms. The van der Waals surface area contributed by atoms with Crippen LogP contribution in [0.25, 0.3) is 0 Å². The minimum Gasteiger partial charge on any atom is -0.352 e. The summed E-state index contributed by atoms with van der Waals surface area (Å²) in [4.78, 5) is 24.2. The molecule has 0 atom stereocenters. The van der Waals surface area contributed by atoms with Crippen molar-refractivity contribution in [3.05, 3.63) is 71.0 Å². The Morgan fingerprint density at radius 3 is 2.25 bits per heavy atom. The molecule has 0 aliphatic carbocycles. The van der Waals surface area contributed by atoms with E-state index in [2.05, 4.69) is 10.6 Å². The van der Waals surface area contributed by atoms with Gasteiger partial charge in [-0.15, -0.1) is 0 Å². The molecule has 0 unspecified atom stereocenters. The molecule has 0 heterocycles. The Bertz CT molecular complexity index is 712. The molecule has 0 saturated carbocycles. The highest BCUT2D eigenvalue weighted by atomic mass is 19.1. The number of nitrogens with one attached hydrogen (secondary N) is 2. The van der Waals surface area contributed by atoms with Crippen molar-refractivity contribution < 1.29 is 14.0 Å². The van der Waals surface area contributed by atoms with E-state index in [0.29, 0.717) is 24.1 Å². The van der Waals surface area contributed by atoms with Crippen LogP contribution in [-0.2, 0) is 6.42 Å². The van der Waals surface area contributed by atoms with Gasteiger partial charge in [-0.05, 0) is 56.2 Å². The van der Waals surface area contributed by atoms with Gasteiger partial charge in [-0.1, -0.05) is 18.2 Å². The number of amides is 2. The zero-order chi connectivity index (χ0) is 17.5. The number of hydrogen-bond acceptors (Lipinski definition) is 2. The van der Waals surface area contributed by atoms with Gasteiger partial charge in [0.1, 0.15) is 5.82 Å². The zero-order valence-corrected chi connectivity index (χ0v) is 13.8. The Hall–Kier alpha value is -2.69. The van der Waals surface area contributed by atoms with Crippen LogP contribution in [0, 0.1) is 5.82 Å². The SMILES string of the molecule is CC(C)NC(=O)c1cccc(C(=O)NCCc2ccc(F)cc2)c1. The standard InChI is InChI=1S/C19H21FN2O2/c1-13(2)22-19(24)16-5-3-4-15(12-16)18(23)21-11-10-14-6-8-17(20)9-7-14/h3-9,12-13H,10-11H2,1-2H3,(H,21,23)(H,22,24). The van der Waals surface area contributed by atoms with Gasteiger partial charge in [0.15, 0.2) is 0 Å². The summed E-state index contributed by atoms with van der Waals surface area (Å²) in [5.41, 5.74) is 1.84. The number of benzene rings is 2. The lowest BCUT2D eigenvalue weighted by Crippen LogP contribution is -2.30. The van der Waals surface area contributed by atoms with Crippen LogP contribution in [0.15, 0.2) is 48.5 Å². The first kappa shape index (κ1) is 17.7. The Morgan fingerprint density at radius 2 is 1.62 bits per heavy atom. The maximum atomic E-state index is 12.8. The molecule has 2 N–H and O–H groups in total. The third-order valence-corrected chi connectivity index (χ3v) is 3.42. The first-order chi connectivity index (χ1) is 11.5. The van der Waals surface area contributed by atoms with Gasteiger partial charge in [-0.25, -0.2) is 4.39 Å². The van der Waals surface area contributed by atoms with Crippen molar-refractivity contribution in [3.8, 4) is 0 Å². The molecule has 24 heavy (non-hydrogen) atoms. The van der Waals surface area contributed by atoms with Crippen molar-refractivity contribution >= 4 is 11.8 Å². The summed E-state index contributed by atoms with van der Waals surface area (Å²) in [7, 11) is 0. The van der Waals surface area contributed by atoms with E-state index in [9.17, 15) is 14.0 Å². The first-order valence-corrected chi connectivity index (χ1v) is 7.89. The molecule has 5 heteroatoms. The van der Waals surface area contributed by atoms with E-state index in [4.69, 9.17) is 0 Å². The second kappa shape index (κ2) is 8.24. The second-order valence-corrected chi connectivity index (χ2v) is 5.84. The minimum atomic E-state index is -0.278. The van der Waals surface area contributed by atoms with E-state index in [1.807, 2.05) is 13.8 Å². The summed E-state index contributed by atoms with van der Waals surface area (Å²) >= 11 is 0. The van der Waals surface area contributed by atoms with Crippen molar-refractivity contribution in [2.45, 2.75) is 26.3 Å². The molecule has 2 rings (SSSR count). The first-order valence-electron chi connectivity index (χ1n) is 7.89. The fraction of sp³-hybridized carbons (Fsp3) is 0.263. The number of carbonyl (C=O) groups is 2. The molecule has 2 aromatic rings. The van der Waals surface area contributed by atoms with Gasteiger partial charge in [0.05, 0.1) is 0 Å². The van der Waals surface area contributed by atoms with Crippen molar-refractivity contribution in [2.24, 2.45) is 0 Å². The normalized spacial score (nSPS) is 10.5. The Kier molecular flexibility index (Phi) is 6.07. The van der Waals surface area contributed by atoms with E-state index in [1.54, 1.807) is 36.4 Å². The average Bonchev–Trinajstić information content (AvgIpc) is 2.56.